The first kappa shape index (κ1) is 10.9. The number of thioether (sulfide) groups is 1. The van der Waals surface area contributed by atoms with Crippen molar-refractivity contribution in [1.82, 2.24) is 0 Å². The maximum atomic E-state index is 11.1. The summed E-state index contributed by atoms with van der Waals surface area (Å²) in [4.78, 5) is 30.8. The molecule has 0 aromatic carbocycles. The van der Waals surface area contributed by atoms with Crippen molar-refractivity contribution in [2.75, 3.05) is 5.75 Å². The second kappa shape index (κ2) is 3.17. The van der Waals surface area contributed by atoms with E-state index in [0.29, 0.717) is 0 Å². The SMILES string of the molecule is O=C(O)C1C2SCC(C(=O)O)([P+](=O)O)C21. The molecule has 0 spiro atoms. The second-order valence-corrected chi connectivity index (χ2v) is 6.18. The lowest BCUT2D eigenvalue weighted by Gasteiger charge is -2.11. The third kappa shape index (κ3) is 1.23. The minimum atomic E-state index is -2.91. The van der Waals surface area contributed by atoms with E-state index in [4.69, 9.17) is 15.1 Å². The highest BCUT2D eigenvalue weighted by molar-refractivity contribution is 8.01. The number of carboxylic acid groups (broad SMARTS) is 2. The zero-order valence-corrected chi connectivity index (χ0v) is 9.07. The monoisotopic (exact) mass is 251 g/mol. The fraction of sp³-hybridized carbons (Fsp3) is 0.714. The van der Waals surface area contributed by atoms with Gasteiger partial charge in [0.2, 0.25) is 0 Å². The molecule has 0 bridgehead atoms. The number of aliphatic carboxylic acids is 2. The summed E-state index contributed by atoms with van der Waals surface area (Å²) in [5.74, 6) is -3.92. The van der Waals surface area contributed by atoms with Crippen LogP contribution in [0.4, 0.5) is 0 Å². The molecule has 1 saturated carbocycles. The van der Waals surface area contributed by atoms with Gasteiger partial charge in [0, 0.05) is 5.25 Å². The zero-order chi connectivity index (χ0) is 11.4. The van der Waals surface area contributed by atoms with Crippen LogP contribution in [0.3, 0.4) is 0 Å². The van der Waals surface area contributed by atoms with Gasteiger partial charge in [0.25, 0.3) is 0 Å². The molecule has 1 aliphatic heterocycles. The van der Waals surface area contributed by atoms with Gasteiger partial charge in [0.05, 0.1) is 17.6 Å². The van der Waals surface area contributed by atoms with E-state index in [1.165, 1.54) is 11.8 Å². The fourth-order valence-corrected chi connectivity index (χ4v) is 5.42. The molecule has 2 rings (SSSR count). The van der Waals surface area contributed by atoms with E-state index >= 15 is 0 Å². The highest BCUT2D eigenvalue weighted by atomic mass is 32.2. The summed E-state index contributed by atoms with van der Waals surface area (Å²) in [6.45, 7) is 0. The predicted molar refractivity (Wildman–Crippen MR) is 51.1 cm³/mol. The van der Waals surface area contributed by atoms with Crippen molar-refractivity contribution >= 4 is 31.7 Å². The van der Waals surface area contributed by atoms with E-state index in [0.717, 1.165) is 0 Å². The lowest BCUT2D eigenvalue weighted by molar-refractivity contribution is -0.141. The topological polar surface area (TPSA) is 112 Å². The van der Waals surface area contributed by atoms with Gasteiger partial charge in [0.15, 0.2) is 0 Å². The highest BCUT2D eigenvalue weighted by Gasteiger charge is 2.81. The van der Waals surface area contributed by atoms with Gasteiger partial charge in [-0.2, -0.15) is 16.7 Å². The first-order valence-electron chi connectivity index (χ1n) is 4.17. The van der Waals surface area contributed by atoms with Crippen molar-refractivity contribution in [2.24, 2.45) is 11.8 Å². The summed E-state index contributed by atoms with van der Waals surface area (Å²) in [5, 5.41) is 15.7. The molecule has 1 saturated heterocycles. The number of carboxylic acids is 2. The van der Waals surface area contributed by atoms with Gasteiger partial charge in [-0.15, -0.1) is 0 Å². The quantitative estimate of drug-likeness (QED) is 0.605. The summed E-state index contributed by atoms with van der Waals surface area (Å²) >= 11 is 1.17. The van der Waals surface area contributed by atoms with E-state index in [9.17, 15) is 14.2 Å². The van der Waals surface area contributed by atoms with E-state index < -0.39 is 37.0 Å². The molecule has 82 valence electrons. The van der Waals surface area contributed by atoms with Gasteiger partial charge in [-0.25, -0.2) is 4.79 Å². The molecule has 1 heterocycles. The molecular formula is C7H8O6PS+. The maximum Gasteiger partial charge on any atom is 0.525 e. The number of carbonyl (C=O) groups is 2. The van der Waals surface area contributed by atoms with Crippen LogP contribution in [0.15, 0.2) is 0 Å². The van der Waals surface area contributed by atoms with E-state index in [1.54, 1.807) is 0 Å². The van der Waals surface area contributed by atoms with Crippen molar-refractivity contribution in [2.45, 2.75) is 10.4 Å². The first-order chi connectivity index (χ1) is 6.93. The molecule has 1 aliphatic carbocycles. The smallest absolute Gasteiger partial charge is 0.481 e. The normalized spacial score (nSPS) is 43.3. The molecule has 5 unspecified atom stereocenters. The molecule has 0 radical (unpaired) electrons. The molecular weight excluding hydrogens is 243 g/mol. The summed E-state index contributed by atoms with van der Waals surface area (Å²) in [5.41, 5.74) is 0. The Morgan fingerprint density at radius 2 is 2.00 bits per heavy atom. The summed E-state index contributed by atoms with van der Waals surface area (Å²) < 4.78 is 11.1. The number of hydrogen-bond acceptors (Lipinski definition) is 4. The molecule has 2 aliphatic rings. The maximum absolute atomic E-state index is 11.1. The highest BCUT2D eigenvalue weighted by Crippen LogP contribution is 2.68. The van der Waals surface area contributed by atoms with E-state index in [1.807, 2.05) is 0 Å². The number of fused-ring (bicyclic) bond motifs is 1. The second-order valence-electron chi connectivity index (χ2n) is 3.67. The van der Waals surface area contributed by atoms with Crippen LogP contribution in [-0.4, -0.2) is 43.2 Å². The Hall–Kier alpha value is -0.650. The van der Waals surface area contributed by atoms with Crippen LogP contribution in [-0.2, 0) is 14.2 Å². The van der Waals surface area contributed by atoms with Crippen LogP contribution < -0.4 is 0 Å². The van der Waals surface area contributed by atoms with Crippen molar-refractivity contribution in [3.05, 3.63) is 0 Å². The lowest BCUT2D eigenvalue weighted by atomic mass is 10.0. The fourth-order valence-electron chi connectivity index (χ4n) is 2.14. The molecule has 15 heavy (non-hydrogen) atoms. The van der Waals surface area contributed by atoms with Gasteiger partial charge < -0.3 is 10.2 Å². The van der Waals surface area contributed by atoms with Crippen molar-refractivity contribution in [1.29, 1.82) is 0 Å². The Bertz CT molecular complexity index is 354. The van der Waals surface area contributed by atoms with E-state index in [-0.39, 0.29) is 11.0 Å². The van der Waals surface area contributed by atoms with Crippen LogP contribution in [0.25, 0.3) is 0 Å². The van der Waals surface area contributed by atoms with Gasteiger partial charge in [-0.1, -0.05) is 0 Å². The third-order valence-electron chi connectivity index (χ3n) is 3.00. The Morgan fingerprint density at radius 1 is 1.40 bits per heavy atom. The van der Waals surface area contributed by atoms with Gasteiger partial charge in [0.1, 0.15) is 0 Å². The Labute approximate surface area is 89.5 Å². The van der Waals surface area contributed by atoms with Crippen molar-refractivity contribution < 1.29 is 29.3 Å². The van der Waals surface area contributed by atoms with Gasteiger partial charge >= 0.3 is 25.1 Å². The Balaban J connectivity index is 2.34. The molecule has 8 heteroatoms. The molecule has 5 atom stereocenters. The predicted octanol–water partition coefficient (Wildman–Crippen LogP) is -0.00950. The van der Waals surface area contributed by atoms with Crippen LogP contribution >= 0.6 is 19.8 Å². The molecule has 6 nitrogen and oxygen atoms in total. The lowest BCUT2D eigenvalue weighted by Crippen LogP contribution is -2.39. The minimum Gasteiger partial charge on any atom is -0.481 e. The zero-order valence-electron chi connectivity index (χ0n) is 7.36. The van der Waals surface area contributed by atoms with Crippen LogP contribution in [0.5, 0.6) is 0 Å². The summed E-state index contributed by atoms with van der Waals surface area (Å²) in [6, 6.07) is 0. The van der Waals surface area contributed by atoms with Gasteiger partial charge in [-0.3, -0.25) is 4.79 Å². The minimum absolute atomic E-state index is 0.0210. The van der Waals surface area contributed by atoms with E-state index in [2.05, 4.69) is 0 Å². The largest absolute Gasteiger partial charge is 0.525 e. The Morgan fingerprint density at radius 3 is 2.33 bits per heavy atom. The van der Waals surface area contributed by atoms with Crippen LogP contribution in [0, 0.1) is 11.8 Å². The summed E-state index contributed by atoms with van der Waals surface area (Å²) in [7, 11) is -2.91. The first-order valence-corrected chi connectivity index (χ1v) is 6.43. The number of hydrogen-bond donors (Lipinski definition) is 3. The van der Waals surface area contributed by atoms with Crippen molar-refractivity contribution in [3.8, 4) is 0 Å². The molecule has 0 aromatic rings. The Kier molecular flexibility index (Phi) is 2.29. The average molecular weight is 251 g/mol. The average Bonchev–Trinajstić information content (AvgIpc) is 2.70. The summed E-state index contributed by atoms with van der Waals surface area (Å²) in [6.07, 6.45) is 0. The van der Waals surface area contributed by atoms with Gasteiger partial charge in [-0.05, 0) is 4.57 Å². The van der Waals surface area contributed by atoms with Crippen LogP contribution in [0.2, 0.25) is 0 Å². The molecule has 3 N–H and O–H groups in total. The molecule has 2 fully saturated rings. The standard InChI is InChI=1S/C7H7O6PS/c8-5(9)2-3-4(2)15-1-7(3,6(10)11)14(12)13/h2-4H,1H2,(H2-,8,9,10,11,12,13)/p+1. The van der Waals surface area contributed by atoms with Crippen LogP contribution in [0.1, 0.15) is 0 Å². The van der Waals surface area contributed by atoms with Crippen molar-refractivity contribution in [3.63, 3.8) is 0 Å². The third-order valence-corrected chi connectivity index (χ3v) is 6.14. The molecule has 0 aromatic heterocycles. The number of rotatable bonds is 3. The molecule has 0 amide bonds.